The van der Waals surface area contributed by atoms with Gasteiger partial charge in [0.25, 0.3) is 5.91 Å². The van der Waals surface area contributed by atoms with Crippen molar-refractivity contribution in [3.63, 3.8) is 0 Å². The summed E-state index contributed by atoms with van der Waals surface area (Å²) >= 11 is 0. The first-order valence-electron chi connectivity index (χ1n) is 8.71. The highest BCUT2D eigenvalue weighted by atomic mass is 16.5. The fraction of sp³-hybridized carbons (Fsp3) is 0.526. The summed E-state index contributed by atoms with van der Waals surface area (Å²) in [5.74, 6) is -0.237. The van der Waals surface area contributed by atoms with Gasteiger partial charge in [0.05, 0.1) is 19.8 Å². The van der Waals surface area contributed by atoms with Crippen molar-refractivity contribution in [3.8, 4) is 11.5 Å². The molecular formula is C19H23NO6. The number of fused-ring (bicyclic) bond motifs is 1. The van der Waals surface area contributed by atoms with Crippen molar-refractivity contribution < 1.29 is 28.6 Å². The Morgan fingerprint density at radius 1 is 1.12 bits per heavy atom. The molecule has 2 fully saturated rings. The number of esters is 1. The number of carbonyl (C=O) groups is 3. The van der Waals surface area contributed by atoms with Crippen molar-refractivity contribution in [3.05, 3.63) is 23.8 Å². The summed E-state index contributed by atoms with van der Waals surface area (Å²) in [4.78, 5) is 38.3. The van der Waals surface area contributed by atoms with Crippen LogP contribution in [0.1, 0.15) is 36.5 Å². The summed E-state index contributed by atoms with van der Waals surface area (Å²) in [7, 11) is 3.00. The van der Waals surface area contributed by atoms with Crippen LogP contribution in [0.25, 0.3) is 0 Å². The van der Waals surface area contributed by atoms with Crippen molar-refractivity contribution >= 4 is 17.8 Å². The number of benzene rings is 1. The Bertz CT molecular complexity index is 731. The minimum absolute atomic E-state index is 0.00628. The standard InChI is InChI=1S/C19H23NO6/c1-11(21)26-16-7-6-14-13(16)8-9-20(18(14)22)19(23)15-5-4-12(24-2)10-17(15)25-3/h4-5,10,13-14,16H,6-9H2,1-3H3. The molecule has 3 unspecified atom stereocenters. The van der Waals surface area contributed by atoms with E-state index in [1.807, 2.05) is 0 Å². The van der Waals surface area contributed by atoms with E-state index in [0.29, 0.717) is 42.9 Å². The summed E-state index contributed by atoms with van der Waals surface area (Å²) in [5.41, 5.74) is 0.328. The van der Waals surface area contributed by atoms with E-state index in [9.17, 15) is 14.4 Å². The second-order valence-corrected chi connectivity index (χ2v) is 6.65. The number of carbonyl (C=O) groups excluding carboxylic acids is 3. The highest BCUT2D eigenvalue weighted by Crippen LogP contribution is 2.41. The van der Waals surface area contributed by atoms with Crippen molar-refractivity contribution in [1.29, 1.82) is 0 Å². The Kier molecular flexibility index (Phi) is 5.15. The van der Waals surface area contributed by atoms with Crippen LogP contribution < -0.4 is 9.47 Å². The Hall–Kier alpha value is -2.57. The normalized spacial score (nSPS) is 24.8. The summed E-state index contributed by atoms with van der Waals surface area (Å²) in [6.07, 6.45) is 1.70. The monoisotopic (exact) mass is 361 g/mol. The van der Waals surface area contributed by atoms with Gasteiger partial charge in [0, 0.05) is 31.4 Å². The molecule has 2 aliphatic rings. The Labute approximate surface area is 152 Å². The zero-order chi connectivity index (χ0) is 18.8. The molecule has 3 atom stereocenters. The van der Waals surface area contributed by atoms with E-state index in [4.69, 9.17) is 14.2 Å². The number of likely N-dealkylation sites (tertiary alicyclic amines) is 1. The maximum atomic E-state index is 12.9. The van der Waals surface area contributed by atoms with Crippen molar-refractivity contribution in [2.45, 2.75) is 32.3 Å². The fourth-order valence-corrected chi connectivity index (χ4v) is 4.00. The molecule has 0 aromatic heterocycles. The average molecular weight is 361 g/mol. The molecular weight excluding hydrogens is 338 g/mol. The number of imide groups is 1. The van der Waals surface area contributed by atoms with E-state index in [1.54, 1.807) is 18.2 Å². The fourth-order valence-electron chi connectivity index (χ4n) is 4.00. The van der Waals surface area contributed by atoms with E-state index >= 15 is 0 Å². The zero-order valence-electron chi connectivity index (χ0n) is 15.2. The molecule has 1 aromatic rings. The molecule has 0 spiro atoms. The third-order valence-corrected chi connectivity index (χ3v) is 5.23. The lowest BCUT2D eigenvalue weighted by atomic mass is 9.86. The van der Waals surface area contributed by atoms with E-state index in [2.05, 4.69) is 0 Å². The van der Waals surface area contributed by atoms with Gasteiger partial charge in [-0.3, -0.25) is 19.3 Å². The van der Waals surface area contributed by atoms with Crippen LogP contribution in [0.15, 0.2) is 18.2 Å². The lowest BCUT2D eigenvalue weighted by Crippen LogP contribution is -2.48. The van der Waals surface area contributed by atoms with Gasteiger partial charge in [-0.15, -0.1) is 0 Å². The molecule has 140 valence electrons. The van der Waals surface area contributed by atoms with Gasteiger partial charge in [0.15, 0.2) is 0 Å². The molecule has 2 amide bonds. The van der Waals surface area contributed by atoms with Crippen molar-refractivity contribution in [2.24, 2.45) is 11.8 Å². The third-order valence-electron chi connectivity index (χ3n) is 5.23. The molecule has 0 bridgehead atoms. The first-order chi connectivity index (χ1) is 12.5. The van der Waals surface area contributed by atoms with Gasteiger partial charge in [-0.1, -0.05) is 0 Å². The largest absolute Gasteiger partial charge is 0.497 e. The number of ether oxygens (including phenoxy) is 3. The van der Waals surface area contributed by atoms with Crippen LogP contribution >= 0.6 is 0 Å². The molecule has 1 saturated carbocycles. The first-order valence-corrected chi connectivity index (χ1v) is 8.71. The number of piperidine rings is 1. The predicted molar refractivity (Wildman–Crippen MR) is 92.0 cm³/mol. The minimum Gasteiger partial charge on any atom is -0.497 e. The summed E-state index contributed by atoms with van der Waals surface area (Å²) in [5, 5.41) is 0. The Balaban J connectivity index is 1.78. The summed E-state index contributed by atoms with van der Waals surface area (Å²) < 4.78 is 15.8. The molecule has 26 heavy (non-hydrogen) atoms. The van der Waals surface area contributed by atoms with Crippen LogP contribution in [0.5, 0.6) is 11.5 Å². The van der Waals surface area contributed by atoms with Gasteiger partial charge in [0.2, 0.25) is 5.91 Å². The number of amides is 2. The van der Waals surface area contributed by atoms with Crippen molar-refractivity contribution in [1.82, 2.24) is 4.90 Å². The van der Waals surface area contributed by atoms with Gasteiger partial charge >= 0.3 is 5.97 Å². The smallest absolute Gasteiger partial charge is 0.302 e. The second kappa shape index (κ2) is 7.35. The summed E-state index contributed by atoms with van der Waals surface area (Å²) in [6.45, 7) is 1.69. The molecule has 1 aliphatic heterocycles. The Morgan fingerprint density at radius 3 is 2.54 bits per heavy atom. The molecule has 1 heterocycles. The lowest BCUT2D eigenvalue weighted by molar-refractivity contribution is -0.152. The molecule has 1 aromatic carbocycles. The number of nitrogens with zero attached hydrogens (tertiary/aromatic N) is 1. The van der Waals surface area contributed by atoms with Crippen LogP contribution in [-0.2, 0) is 14.3 Å². The molecule has 7 heteroatoms. The predicted octanol–water partition coefficient (Wildman–Crippen LogP) is 2.03. The van der Waals surface area contributed by atoms with Gasteiger partial charge in [-0.25, -0.2) is 0 Å². The second-order valence-electron chi connectivity index (χ2n) is 6.65. The molecule has 1 saturated heterocycles. The van der Waals surface area contributed by atoms with Gasteiger partial charge < -0.3 is 14.2 Å². The van der Waals surface area contributed by atoms with Crippen LogP contribution in [0.2, 0.25) is 0 Å². The molecule has 3 rings (SSSR count). The van der Waals surface area contributed by atoms with Crippen LogP contribution in [0.3, 0.4) is 0 Å². The maximum absolute atomic E-state index is 12.9. The van der Waals surface area contributed by atoms with E-state index in [0.717, 1.165) is 0 Å². The minimum atomic E-state index is -0.371. The lowest BCUT2D eigenvalue weighted by Gasteiger charge is -2.35. The Morgan fingerprint density at radius 2 is 1.88 bits per heavy atom. The topological polar surface area (TPSA) is 82.1 Å². The molecule has 0 N–H and O–H groups in total. The number of hydrogen-bond acceptors (Lipinski definition) is 6. The van der Waals surface area contributed by atoms with Crippen LogP contribution in [-0.4, -0.2) is 49.6 Å². The first kappa shape index (κ1) is 18.2. The van der Waals surface area contributed by atoms with Crippen molar-refractivity contribution in [2.75, 3.05) is 20.8 Å². The maximum Gasteiger partial charge on any atom is 0.302 e. The van der Waals surface area contributed by atoms with E-state index < -0.39 is 0 Å². The number of methoxy groups -OCH3 is 2. The van der Waals surface area contributed by atoms with E-state index in [-0.39, 0.29) is 35.7 Å². The quantitative estimate of drug-likeness (QED) is 0.603. The average Bonchev–Trinajstić information content (AvgIpc) is 3.04. The van der Waals surface area contributed by atoms with Gasteiger partial charge in [-0.05, 0) is 31.4 Å². The van der Waals surface area contributed by atoms with Crippen LogP contribution in [0, 0.1) is 11.8 Å². The number of rotatable bonds is 4. The van der Waals surface area contributed by atoms with Gasteiger partial charge in [-0.2, -0.15) is 0 Å². The molecule has 7 nitrogen and oxygen atoms in total. The highest BCUT2D eigenvalue weighted by molar-refractivity contribution is 6.07. The zero-order valence-corrected chi connectivity index (χ0v) is 15.2. The third kappa shape index (κ3) is 3.25. The summed E-state index contributed by atoms with van der Waals surface area (Å²) in [6, 6.07) is 4.89. The van der Waals surface area contributed by atoms with Crippen LogP contribution in [0.4, 0.5) is 0 Å². The van der Waals surface area contributed by atoms with E-state index in [1.165, 1.54) is 26.0 Å². The molecule has 0 radical (unpaired) electrons. The highest BCUT2D eigenvalue weighted by Gasteiger charge is 2.48. The number of hydrogen-bond donors (Lipinski definition) is 0. The van der Waals surface area contributed by atoms with Gasteiger partial charge in [0.1, 0.15) is 17.6 Å². The molecule has 1 aliphatic carbocycles. The SMILES string of the molecule is COc1ccc(C(=O)N2CCC3C(OC(C)=O)CCC3C2=O)c(OC)c1.